The number of carbonyl (C=O) groups is 1. The third-order valence-corrected chi connectivity index (χ3v) is 5.28. The minimum Gasteiger partial charge on any atom is -0.505 e. The van der Waals surface area contributed by atoms with Gasteiger partial charge in [0, 0.05) is 6.42 Å². The highest BCUT2D eigenvalue weighted by Gasteiger charge is 2.28. The van der Waals surface area contributed by atoms with Crippen LogP contribution in [0.25, 0.3) is 0 Å². The Bertz CT molecular complexity index is 1140. The summed E-state index contributed by atoms with van der Waals surface area (Å²) in [4.78, 5) is 36.2. The van der Waals surface area contributed by atoms with Crippen LogP contribution >= 0.6 is 0 Å². The first-order valence-corrected chi connectivity index (χ1v) is 9.31. The van der Waals surface area contributed by atoms with Gasteiger partial charge in [0.2, 0.25) is 0 Å². The molecule has 0 aromatic heterocycles. The van der Waals surface area contributed by atoms with Gasteiger partial charge in [0.15, 0.2) is 5.78 Å². The molecule has 0 radical (unpaired) electrons. The first-order valence-electron chi connectivity index (χ1n) is 9.31. The van der Waals surface area contributed by atoms with Gasteiger partial charge in [-0.05, 0) is 36.1 Å². The summed E-state index contributed by atoms with van der Waals surface area (Å²) in [5, 5.41) is 16.4. The maximum atomic E-state index is 12.1. The van der Waals surface area contributed by atoms with Crippen LogP contribution < -0.4 is 21.5 Å². The molecule has 28 heavy (non-hydrogen) atoms. The Morgan fingerprint density at radius 3 is 2.61 bits per heavy atom. The largest absolute Gasteiger partial charge is 0.505 e. The minimum atomic E-state index is -0.639. The molecular formula is C22H20N2O4. The van der Waals surface area contributed by atoms with E-state index in [1.807, 2.05) is 18.2 Å². The fraction of sp³-hybridized carbons (Fsp3) is 0.227. The maximum Gasteiger partial charge on any atom is 0.253 e. The molecule has 6 nitrogen and oxygen atoms in total. The summed E-state index contributed by atoms with van der Waals surface area (Å²) in [5.41, 5.74) is 1.89. The number of aromatic hydroxyl groups is 1. The van der Waals surface area contributed by atoms with Crippen LogP contribution in [0.3, 0.4) is 0 Å². The van der Waals surface area contributed by atoms with E-state index in [0.717, 1.165) is 18.4 Å². The van der Waals surface area contributed by atoms with Crippen molar-refractivity contribution in [3.63, 3.8) is 0 Å². The van der Waals surface area contributed by atoms with E-state index in [-0.39, 0.29) is 46.6 Å². The number of phenols is 1. The number of fused-ring (bicyclic) bond motifs is 1. The van der Waals surface area contributed by atoms with Gasteiger partial charge in [-0.15, -0.1) is 0 Å². The Kier molecular flexibility index (Phi) is 4.47. The normalized spacial score (nSPS) is 15.4. The lowest BCUT2D eigenvalue weighted by Crippen LogP contribution is -2.37. The number of benzene rings is 2. The SMILES string of the molecule is CCC(=O)c1cccc(Nc2c(N[C@@H]3CCc4ccccc43)c(=O)c2=O)c1O. The fourth-order valence-corrected chi connectivity index (χ4v) is 3.72. The lowest BCUT2D eigenvalue weighted by Gasteiger charge is -2.20. The predicted molar refractivity (Wildman–Crippen MR) is 108 cm³/mol. The molecule has 0 heterocycles. The third-order valence-electron chi connectivity index (χ3n) is 5.28. The van der Waals surface area contributed by atoms with Crippen molar-refractivity contribution in [2.24, 2.45) is 0 Å². The van der Waals surface area contributed by atoms with Crippen LogP contribution in [-0.4, -0.2) is 10.9 Å². The van der Waals surface area contributed by atoms with Crippen molar-refractivity contribution in [2.75, 3.05) is 10.6 Å². The smallest absolute Gasteiger partial charge is 0.253 e. The van der Waals surface area contributed by atoms with Crippen molar-refractivity contribution in [2.45, 2.75) is 32.2 Å². The highest BCUT2D eigenvalue weighted by Crippen LogP contribution is 2.36. The highest BCUT2D eigenvalue weighted by atomic mass is 16.3. The van der Waals surface area contributed by atoms with E-state index in [9.17, 15) is 19.5 Å². The van der Waals surface area contributed by atoms with E-state index in [4.69, 9.17) is 0 Å². The summed E-state index contributed by atoms with van der Waals surface area (Å²) < 4.78 is 0. The molecule has 0 aliphatic heterocycles. The van der Waals surface area contributed by atoms with E-state index >= 15 is 0 Å². The number of ketones is 1. The minimum absolute atomic E-state index is 0.0401. The number of anilines is 3. The molecule has 1 aliphatic rings. The number of hydrogen-bond acceptors (Lipinski definition) is 6. The van der Waals surface area contributed by atoms with Crippen molar-refractivity contribution in [3.8, 4) is 5.75 Å². The third kappa shape index (κ3) is 2.87. The van der Waals surface area contributed by atoms with Crippen molar-refractivity contribution >= 4 is 22.8 Å². The summed E-state index contributed by atoms with van der Waals surface area (Å²) in [5.74, 6) is -0.424. The summed E-state index contributed by atoms with van der Waals surface area (Å²) in [6, 6.07) is 12.7. The standard InChI is InChI=1S/C22H20N2O4/c1-2-17(25)14-8-5-9-16(20(14)26)24-19-18(21(27)22(19)28)23-15-11-10-12-6-3-4-7-13(12)15/h3-9,15,23-24,26H,2,10-11H2,1H3/t15-/m1/s1. The molecule has 0 saturated carbocycles. The highest BCUT2D eigenvalue weighted by molar-refractivity contribution is 6.00. The zero-order valence-electron chi connectivity index (χ0n) is 15.4. The zero-order valence-corrected chi connectivity index (χ0v) is 15.4. The number of rotatable bonds is 6. The van der Waals surface area contributed by atoms with Gasteiger partial charge in [0.25, 0.3) is 10.9 Å². The second-order valence-electron chi connectivity index (χ2n) is 6.95. The molecule has 3 aromatic rings. The van der Waals surface area contributed by atoms with Crippen LogP contribution in [0.2, 0.25) is 0 Å². The van der Waals surface area contributed by atoms with Crippen molar-refractivity contribution in [1.82, 2.24) is 0 Å². The molecule has 0 bridgehead atoms. The molecule has 0 saturated heterocycles. The second kappa shape index (κ2) is 6.96. The van der Waals surface area contributed by atoms with Gasteiger partial charge in [-0.25, -0.2) is 0 Å². The number of nitrogens with one attached hydrogen (secondary N) is 2. The molecule has 1 atom stereocenters. The molecule has 0 spiro atoms. The topological polar surface area (TPSA) is 95.5 Å². The number of phenolic OH excluding ortho intramolecular Hbond substituents is 1. The van der Waals surface area contributed by atoms with Crippen LogP contribution in [-0.2, 0) is 6.42 Å². The van der Waals surface area contributed by atoms with Crippen molar-refractivity contribution in [3.05, 3.63) is 79.6 Å². The van der Waals surface area contributed by atoms with E-state index in [0.29, 0.717) is 0 Å². The molecule has 142 valence electrons. The first kappa shape index (κ1) is 18.0. The van der Waals surface area contributed by atoms with Gasteiger partial charge in [0.05, 0.1) is 17.3 Å². The lowest BCUT2D eigenvalue weighted by atomic mass is 10.0. The van der Waals surface area contributed by atoms with E-state index in [1.54, 1.807) is 19.1 Å². The van der Waals surface area contributed by atoms with Crippen molar-refractivity contribution < 1.29 is 9.90 Å². The molecule has 0 amide bonds. The monoisotopic (exact) mass is 376 g/mol. The second-order valence-corrected chi connectivity index (χ2v) is 6.95. The Labute approximate surface area is 161 Å². The molecular weight excluding hydrogens is 356 g/mol. The molecule has 1 aliphatic carbocycles. The zero-order chi connectivity index (χ0) is 19.8. The van der Waals surface area contributed by atoms with Crippen LogP contribution in [0.15, 0.2) is 52.1 Å². The predicted octanol–water partition coefficient (Wildman–Crippen LogP) is 3.42. The Balaban J connectivity index is 1.62. The van der Waals surface area contributed by atoms with E-state index < -0.39 is 10.9 Å². The first-order chi connectivity index (χ1) is 13.5. The fourth-order valence-electron chi connectivity index (χ4n) is 3.72. The molecule has 0 fully saturated rings. The Morgan fingerprint density at radius 1 is 1.07 bits per heavy atom. The van der Waals surface area contributed by atoms with E-state index in [1.165, 1.54) is 11.6 Å². The van der Waals surface area contributed by atoms with E-state index in [2.05, 4.69) is 16.7 Å². The number of para-hydroxylation sites is 1. The average molecular weight is 376 g/mol. The summed E-state index contributed by atoms with van der Waals surface area (Å²) in [6.45, 7) is 1.71. The van der Waals surface area contributed by atoms with Gasteiger partial charge in [-0.2, -0.15) is 0 Å². The number of Topliss-reactive ketones (excluding diaryl/α,β-unsaturated/α-hetero) is 1. The average Bonchev–Trinajstić information content (AvgIpc) is 3.13. The summed E-state index contributed by atoms with van der Waals surface area (Å²) in [6.07, 6.45) is 2.00. The van der Waals surface area contributed by atoms with Gasteiger partial charge in [0.1, 0.15) is 17.1 Å². The Morgan fingerprint density at radius 2 is 1.82 bits per heavy atom. The van der Waals surface area contributed by atoms with Crippen molar-refractivity contribution in [1.29, 1.82) is 0 Å². The van der Waals surface area contributed by atoms with Gasteiger partial charge in [-0.3, -0.25) is 14.4 Å². The maximum absolute atomic E-state index is 12.1. The van der Waals surface area contributed by atoms with Gasteiger partial charge >= 0.3 is 0 Å². The lowest BCUT2D eigenvalue weighted by molar-refractivity contribution is 0.0985. The molecule has 6 heteroatoms. The molecule has 4 rings (SSSR count). The number of hydrogen-bond donors (Lipinski definition) is 3. The van der Waals surface area contributed by atoms with Crippen LogP contribution in [0, 0.1) is 0 Å². The summed E-state index contributed by atoms with van der Waals surface area (Å²) in [7, 11) is 0. The summed E-state index contributed by atoms with van der Waals surface area (Å²) >= 11 is 0. The Hall–Kier alpha value is -3.41. The molecule has 3 N–H and O–H groups in total. The van der Waals surface area contributed by atoms with Crippen LogP contribution in [0.1, 0.15) is 47.3 Å². The quantitative estimate of drug-likeness (QED) is 0.347. The molecule has 3 aromatic carbocycles. The number of carbonyl (C=O) groups excluding carboxylic acids is 1. The van der Waals surface area contributed by atoms with Gasteiger partial charge < -0.3 is 15.7 Å². The molecule has 0 unspecified atom stereocenters. The van der Waals surface area contributed by atoms with Crippen LogP contribution in [0.5, 0.6) is 5.75 Å². The van der Waals surface area contributed by atoms with Gasteiger partial charge in [-0.1, -0.05) is 37.3 Å². The number of aryl methyl sites for hydroxylation is 1. The van der Waals surface area contributed by atoms with Crippen LogP contribution in [0.4, 0.5) is 17.1 Å².